The van der Waals surface area contributed by atoms with Gasteiger partial charge in [0.05, 0.1) is 21.8 Å². The molecule has 7 nitrogen and oxygen atoms in total. The molecule has 3 aromatic rings. The molecule has 0 fully saturated rings. The average Bonchev–Trinajstić information content (AvgIpc) is 3.28. The molecule has 0 aliphatic carbocycles. The third-order valence-corrected chi connectivity index (χ3v) is 6.96. The Kier molecular flexibility index (Phi) is 6.29. The van der Waals surface area contributed by atoms with E-state index in [1.165, 1.54) is 22.5 Å². The van der Waals surface area contributed by atoms with Gasteiger partial charge in [-0.3, -0.25) is 9.10 Å². The molecule has 34 heavy (non-hydrogen) atoms. The van der Waals surface area contributed by atoms with Crippen LogP contribution in [-0.4, -0.2) is 33.4 Å². The summed E-state index contributed by atoms with van der Waals surface area (Å²) < 4.78 is 72.3. The highest BCUT2D eigenvalue weighted by atomic mass is 32.2. The highest BCUT2D eigenvalue weighted by Crippen LogP contribution is 2.32. The van der Waals surface area contributed by atoms with Gasteiger partial charge in [-0.25, -0.2) is 26.4 Å². The van der Waals surface area contributed by atoms with E-state index in [0.29, 0.717) is 18.2 Å². The summed E-state index contributed by atoms with van der Waals surface area (Å²) >= 11 is 0. The maximum absolute atomic E-state index is 13.7. The summed E-state index contributed by atoms with van der Waals surface area (Å²) in [6.07, 6.45) is 0.560. The summed E-state index contributed by atoms with van der Waals surface area (Å²) in [4.78, 5) is 24.2. The number of carbonyl (C=O) groups is 2. The maximum Gasteiger partial charge on any atom is 0.338 e. The summed E-state index contributed by atoms with van der Waals surface area (Å²) in [5.74, 6) is -6.78. The lowest BCUT2D eigenvalue weighted by Crippen LogP contribution is -2.29. The van der Waals surface area contributed by atoms with Gasteiger partial charge in [0.15, 0.2) is 24.1 Å². The number of sulfonamides is 1. The first-order valence-electron chi connectivity index (χ1n) is 9.99. The number of hydrogen-bond acceptors (Lipinski definition) is 5. The Balaban J connectivity index is 1.44. The highest BCUT2D eigenvalue weighted by molar-refractivity contribution is 7.92. The molecule has 176 valence electrons. The van der Waals surface area contributed by atoms with Crippen molar-refractivity contribution in [1.29, 1.82) is 0 Å². The minimum Gasteiger partial charge on any atom is -0.452 e. The van der Waals surface area contributed by atoms with E-state index in [4.69, 9.17) is 4.74 Å². The lowest BCUT2D eigenvalue weighted by molar-refractivity contribution is -0.119. The van der Waals surface area contributed by atoms with E-state index < -0.39 is 51.6 Å². The van der Waals surface area contributed by atoms with Crippen molar-refractivity contribution < 1.29 is 35.9 Å². The third-order valence-electron chi connectivity index (χ3n) is 5.15. The molecule has 11 heteroatoms. The van der Waals surface area contributed by atoms with Gasteiger partial charge in [0, 0.05) is 6.54 Å². The van der Waals surface area contributed by atoms with Gasteiger partial charge in [-0.2, -0.15) is 0 Å². The van der Waals surface area contributed by atoms with E-state index in [2.05, 4.69) is 0 Å². The molecule has 4 rings (SSSR count). The molecule has 1 N–H and O–H groups in total. The first-order valence-corrected chi connectivity index (χ1v) is 11.4. The van der Waals surface area contributed by atoms with Gasteiger partial charge < -0.3 is 10.1 Å². The van der Waals surface area contributed by atoms with Gasteiger partial charge in [-0.1, -0.05) is 24.3 Å². The van der Waals surface area contributed by atoms with Gasteiger partial charge in [-0.15, -0.1) is 0 Å². The number of carbonyl (C=O) groups excluding carboxylic acids is 2. The van der Waals surface area contributed by atoms with E-state index in [-0.39, 0.29) is 17.0 Å². The molecule has 0 unspecified atom stereocenters. The first kappa shape index (κ1) is 23.3. The second kappa shape index (κ2) is 9.18. The van der Waals surface area contributed by atoms with Crippen molar-refractivity contribution in [2.75, 3.05) is 22.8 Å². The third kappa shape index (κ3) is 4.46. The Morgan fingerprint density at radius 1 is 0.971 bits per heavy atom. The van der Waals surface area contributed by atoms with Crippen LogP contribution in [0.4, 0.5) is 24.5 Å². The van der Waals surface area contributed by atoms with Crippen molar-refractivity contribution in [3.05, 3.63) is 89.2 Å². The van der Waals surface area contributed by atoms with Crippen molar-refractivity contribution in [3.8, 4) is 0 Å². The van der Waals surface area contributed by atoms with Crippen LogP contribution in [-0.2, 0) is 26.0 Å². The average molecular weight is 490 g/mol. The van der Waals surface area contributed by atoms with E-state index in [9.17, 15) is 31.2 Å². The summed E-state index contributed by atoms with van der Waals surface area (Å²) in [5, 5.41) is 1.97. The number of esters is 1. The number of hydrogen-bond donors (Lipinski definition) is 1. The number of ether oxygens (including phenoxy) is 1. The molecule has 0 bridgehead atoms. The monoisotopic (exact) mass is 490 g/mol. The summed E-state index contributed by atoms with van der Waals surface area (Å²) in [5.41, 5.74) is 0.709. The smallest absolute Gasteiger partial charge is 0.338 e. The number of fused-ring (bicyclic) bond motifs is 1. The Morgan fingerprint density at radius 2 is 1.74 bits per heavy atom. The lowest BCUT2D eigenvalue weighted by Gasteiger charge is -2.19. The zero-order valence-electron chi connectivity index (χ0n) is 17.4. The molecular weight excluding hydrogens is 473 g/mol. The Bertz CT molecular complexity index is 1400. The number of rotatable bonds is 6. The van der Waals surface area contributed by atoms with Gasteiger partial charge >= 0.3 is 5.97 Å². The van der Waals surface area contributed by atoms with Crippen LogP contribution in [0.5, 0.6) is 0 Å². The number of benzene rings is 3. The van der Waals surface area contributed by atoms with Crippen LogP contribution in [0.15, 0.2) is 65.6 Å². The van der Waals surface area contributed by atoms with Gasteiger partial charge in [0.2, 0.25) is 0 Å². The summed E-state index contributed by atoms with van der Waals surface area (Å²) in [7, 11) is -3.95. The van der Waals surface area contributed by atoms with Gasteiger partial charge in [0.25, 0.3) is 15.9 Å². The van der Waals surface area contributed by atoms with E-state index in [1.54, 1.807) is 12.1 Å². The van der Waals surface area contributed by atoms with Crippen LogP contribution in [0.3, 0.4) is 0 Å². The molecular formula is C23H17F3N2O5S. The van der Waals surface area contributed by atoms with Crippen LogP contribution < -0.4 is 9.62 Å². The summed E-state index contributed by atoms with van der Waals surface area (Å²) in [6.45, 7) is -0.606. The molecule has 0 aromatic heterocycles. The minimum atomic E-state index is -3.95. The predicted octanol–water partition coefficient (Wildman–Crippen LogP) is 3.65. The molecule has 0 radical (unpaired) electrons. The fraction of sp³-hybridized carbons (Fsp3) is 0.130. The SMILES string of the molecule is O=C(COC(=O)c1cccc(S(=O)(=O)N2CCc3ccccc32)c1)Nc1ccc(F)c(F)c1F. The number of anilines is 2. The zero-order chi connectivity index (χ0) is 24.5. The number of nitrogens with one attached hydrogen (secondary N) is 1. The number of halogens is 3. The Labute approximate surface area is 192 Å². The molecule has 1 amide bonds. The van der Waals surface area contributed by atoms with Crippen LogP contribution >= 0.6 is 0 Å². The normalized spacial score (nSPS) is 12.9. The second-order valence-corrected chi connectivity index (χ2v) is 9.19. The zero-order valence-corrected chi connectivity index (χ0v) is 18.2. The van der Waals surface area contributed by atoms with Crippen molar-refractivity contribution in [3.63, 3.8) is 0 Å². The summed E-state index contributed by atoms with van der Waals surface area (Å²) in [6, 6.07) is 13.7. The molecule has 1 heterocycles. The molecule has 0 saturated carbocycles. The molecule has 1 aliphatic rings. The van der Waals surface area contributed by atoms with Gasteiger partial charge in [-0.05, 0) is 48.4 Å². The second-order valence-electron chi connectivity index (χ2n) is 7.33. The maximum atomic E-state index is 13.7. The molecule has 1 aliphatic heterocycles. The first-order chi connectivity index (χ1) is 16.2. The Hall–Kier alpha value is -3.86. The minimum absolute atomic E-state index is 0.125. The quantitative estimate of drug-likeness (QED) is 0.421. The number of para-hydroxylation sites is 1. The lowest BCUT2D eigenvalue weighted by atomic mass is 10.2. The predicted molar refractivity (Wildman–Crippen MR) is 116 cm³/mol. The van der Waals surface area contributed by atoms with Crippen molar-refractivity contribution in [2.45, 2.75) is 11.3 Å². The van der Waals surface area contributed by atoms with Gasteiger partial charge in [0.1, 0.15) is 0 Å². The van der Waals surface area contributed by atoms with E-state index >= 15 is 0 Å². The van der Waals surface area contributed by atoms with Crippen LogP contribution in [0.1, 0.15) is 15.9 Å². The van der Waals surface area contributed by atoms with Crippen LogP contribution in [0, 0.1) is 17.5 Å². The number of nitrogens with zero attached hydrogens (tertiary/aromatic N) is 1. The largest absolute Gasteiger partial charge is 0.452 e. The number of amides is 1. The van der Waals surface area contributed by atoms with Crippen LogP contribution in [0.2, 0.25) is 0 Å². The fourth-order valence-corrected chi connectivity index (χ4v) is 5.04. The Morgan fingerprint density at radius 3 is 2.53 bits per heavy atom. The van der Waals surface area contributed by atoms with E-state index in [1.807, 2.05) is 17.4 Å². The standard InChI is InChI=1S/C23H17F3N2O5S/c24-17-8-9-18(22(26)21(17)25)27-20(29)13-33-23(30)15-5-3-6-16(12-15)34(31,32)28-11-10-14-4-1-2-7-19(14)28/h1-9,12H,10-11,13H2,(H,27,29). The molecule has 0 atom stereocenters. The molecule has 3 aromatic carbocycles. The molecule has 0 saturated heterocycles. The van der Waals surface area contributed by atoms with Crippen LogP contribution in [0.25, 0.3) is 0 Å². The van der Waals surface area contributed by atoms with Crippen molar-refractivity contribution >= 4 is 33.3 Å². The fourth-order valence-electron chi connectivity index (χ4n) is 3.49. The molecule has 0 spiro atoms. The topological polar surface area (TPSA) is 92.8 Å². The van der Waals surface area contributed by atoms with E-state index in [0.717, 1.165) is 17.7 Å². The van der Waals surface area contributed by atoms with Crippen molar-refractivity contribution in [1.82, 2.24) is 0 Å². The van der Waals surface area contributed by atoms with Crippen molar-refractivity contribution in [2.24, 2.45) is 0 Å². The highest BCUT2D eigenvalue weighted by Gasteiger charge is 2.31.